The number of benzene rings is 1. The molecule has 5 heteroatoms. The number of likely N-dealkylation sites (N-methyl/N-ethyl adjacent to an activating group) is 1. The highest BCUT2D eigenvalue weighted by molar-refractivity contribution is 9.10. The van der Waals surface area contributed by atoms with Crippen LogP contribution >= 0.6 is 27.5 Å². The molecule has 1 amide bonds. The zero-order valence-corrected chi connectivity index (χ0v) is 13.2. The maximum atomic E-state index is 11.9. The van der Waals surface area contributed by atoms with Crippen LogP contribution in [-0.4, -0.2) is 30.4 Å². The minimum Gasteiger partial charge on any atom is -0.345 e. The van der Waals surface area contributed by atoms with Gasteiger partial charge in [-0.2, -0.15) is 0 Å². The normalized spacial score (nSPS) is 12.3. The van der Waals surface area contributed by atoms with Gasteiger partial charge in [0.25, 0.3) is 0 Å². The molecule has 0 bridgehead atoms. The Kier molecular flexibility index (Phi) is 6.12. The van der Waals surface area contributed by atoms with Crippen LogP contribution in [0, 0.1) is 0 Å². The molecular weight excluding hydrogens is 316 g/mol. The highest BCUT2D eigenvalue weighted by Crippen LogP contribution is 2.21. The number of rotatable bonds is 5. The van der Waals surface area contributed by atoms with E-state index in [9.17, 15) is 4.79 Å². The number of carbonyl (C=O) groups excluding carboxylic acids is 1. The molecule has 0 radical (unpaired) electrons. The molecule has 1 unspecified atom stereocenters. The second-order valence-corrected chi connectivity index (χ2v) is 5.48. The molecule has 0 spiro atoms. The van der Waals surface area contributed by atoms with E-state index in [1.807, 2.05) is 32.0 Å². The minimum absolute atomic E-state index is 0.0932. The van der Waals surface area contributed by atoms with Gasteiger partial charge in [0.05, 0.1) is 6.04 Å². The smallest absolute Gasteiger partial charge is 0.239 e. The zero-order valence-electron chi connectivity index (χ0n) is 10.8. The quantitative estimate of drug-likeness (QED) is 0.898. The molecule has 0 saturated heterocycles. The van der Waals surface area contributed by atoms with Gasteiger partial charge in [0.15, 0.2) is 0 Å². The maximum Gasteiger partial charge on any atom is 0.239 e. The van der Waals surface area contributed by atoms with Crippen molar-refractivity contribution in [1.29, 1.82) is 0 Å². The van der Waals surface area contributed by atoms with E-state index in [0.717, 1.165) is 10.0 Å². The van der Waals surface area contributed by atoms with Crippen molar-refractivity contribution in [1.82, 2.24) is 10.2 Å². The van der Waals surface area contributed by atoms with Crippen LogP contribution in [0.25, 0.3) is 0 Å². The molecule has 3 nitrogen and oxygen atoms in total. The van der Waals surface area contributed by atoms with Crippen molar-refractivity contribution in [2.75, 3.05) is 13.6 Å². The van der Waals surface area contributed by atoms with E-state index in [-0.39, 0.29) is 11.9 Å². The molecule has 1 rings (SSSR count). The van der Waals surface area contributed by atoms with Crippen LogP contribution in [0.2, 0.25) is 5.02 Å². The van der Waals surface area contributed by atoms with Crippen LogP contribution in [-0.2, 0) is 11.3 Å². The summed E-state index contributed by atoms with van der Waals surface area (Å²) in [6.07, 6.45) is 0. The van der Waals surface area contributed by atoms with Crippen LogP contribution in [0.4, 0.5) is 0 Å². The number of carbonyl (C=O) groups is 1. The number of hydrogen-bond donors (Lipinski definition) is 1. The average Bonchev–Trinajstić information content (AvgIpc) is 2.37. The van der Waals surface area contributed by atoms with Gasteiger partial charge in [0, 0.05) is 29.6 Å². The average molecular weight is 334 g/mol. The van der Waals surface area contributed by atoms with E-state index < -0.39 is 0 Å². The van der Waals surface area contributed by atoms with Crippen molar-refractivity contribution < 1.29 is 4.79 Å². The Hall–Kier alpha value is -0.580. The summed E-state index contributed by atoms with van der Waals surface area (Å²) < 4.78 is 0.989. The second kappa shape index (κ2) is 7.12. The number of halogens is 2. The van der Waals surface area contributed by atoms with Gasteiger partial charge in [0.1, 0.15) is 0 Å². The molecule has 1 aromatic carbocycles. The molecule has 100 valence electrons. The molecule has 0 aliphatic carbocycles. The van der Waals surface area contributed by atoms with Crippen molar-refractivity contribution in [2.24, 2.45) is 0 Å². The lowest BCUT2D eigenvalue weighted by Gasteiger charge is -2.20. The van der Waals surface area contributed by atoms with Crippen LogP contribution in [0.5, 0.6) is 0 Å². The van der Waals surface area contributed by atoms with Crippen LogP contribution in [0.15, 0.2) is 22.7 Å². The molecule has 0 aliphatic heterocycles. The lowest BCUT2D eigenvalue weighted by atomic mass is 10.2. The molecule has 1 aromatic rings. The summed E-state index contributed by atoms with van der Waals surface area (Å²) in [5, 5.41) is 3.90. The van der Waals surface area contributed by atoms with E-state index in [1.54, 1.807) is 11.9 Å². The van der Waals surface area contributed by atoms with Gasteiger partial charge in [-0.05, 0) is 37.6 Å². The van der Waals surface area contributed by atoms with Crippen molar-refractivity contribution in [3.05, 3.63) is 33.3 Å². The number of amides is 1. The lowest BCUT2D eigenvalue weighted by molar-refractivity contribution is -0.131. The van der Waals surface area contributed by atoms with E-state index in [2.05, 4.69) is 21.2 Å². The van der Waals surface area contributed by atoms with Crippen molar-refractivity contribution in [2.45, 2.75) is 26.4 Å². The highest BCUT2D eigenvalue weighted by Gasteiger charge is 2.15. The molecular formula is C13H18BrClN2O. The van der Waals surface area contributed by atoms with Gasteiger partial charge >= 0.3 is 0 Å². The van der Waals surface area contributed by atoms with E-state index in [0.29, 0.717) is 18.1 Å². The van der Waals surface area contributed by atoms with Gasteiger partial charge in [-0.15, -0.1) is 0 Å². The molecule has 0 aromatic heterocycles. The summed E-state index contributed by atoms with van der Waals surface area (Å²) in [4.78, 5) is 13.6. The fourth-order valence-electron chi connectivity index (χ4n) is 1.52. The summed E-state index contributed by atoms with van der Waals surface area (Å²) in [5.74, 6) is 0.0932. The lowest BCUT2D eigenvalue weighted by Crippen LogP contribution is -2.42. The van der Waals surface area contributed by atoms with Gasteiger partial charge in [-0.3, -0.25) is 4.79 Å². The standard InChI is InChI=1S/C13H18BrClN2O/c1-4-17(3)13(18)9(2)16-8-10-7-11(15)5-6-12(10)14/h5-7,9,16H,4,8H2,1-3H3. The Morgan fingerprint density at radius 1 is 1.56 bits per heavy atom. The Morgan fingerprint density at radius 3 is 2.83 bits per heavy atom. The summed E-state index contributed by atoms with van der Waals surface area (Å²) in [5.41, 5.74) is 1.04. The summed E-state index contributed by atoms with van der Waals surface area (Å²) in [6, 6.07) is 5.42. The fraction of sp³-hybridized carbons (Fsp3) is 0.462. The number of nitrogens with one attached hydrogen (secondary N) is 1. The van der Waals surface area contributed by atoms with Crippen LogP contribution in [0.3, 0.4) is 0 Å². The first-order chi connectivity index (χ1) is 8.45. The molecule has 0 heterocycles. The largest absolute Gasteiger partial charge is 0.345 e. The van der Waals surface area contributed by atoms with Crippen molar-refractivity contribution in [3.8, 4) is 0 Å². The SMILES string of the molecule is CCN(C)C(=O)C(C)NCc1cc(Cl)ccc1Br. The van der Waals surface area contributed by atoms with Gasteiger partial charge in [-0.25, -0.2) is 0 Å². The minimum atomic E-state index is -0.208. The van der Waals surface area contributed by atoms with Crippen LogP contribution in [0.1, 0.15) is 19.4 Å². The zero-order chi connectivity index (χ0) is 13.7. The van der Waals surface area contributed by atoms with Gasteiger partial charge in [0.2, 0.25) is 5.91 Å². The van der Waals surface area contributed by atoms with Crippen molar-refractivity contribution in [3.63, 3.8) is 0 Å². The molecule has 18 heavy (non-hydrogen) atoms. The molecule has 0 fully saturated rings. The summed E-state index contributed by atoms with van der Waals surface area (Å²) >= 11 is 9.41. The molecule has 1 N–H and O–H groups in total. The topological polar surface area (TPSA) is 32.3 Å². The van der Waals surface area contributed by atoms with Crippen molar-refractivity contribution >= 4 is 33.4 Å². The highest BCUT2D eigenvalue weighted by atomic mass is 79.9. The van der Waals surface area contributed by atoms with E-state index in [1.165, 1.54) is 0 Å². The molecule has 0 aliphatic rings. The first-order valence-corrected chi connectivity index (χ1v) is 7.05. The second-order valence-electron chi connectivity index (χ2n) is 4.19. The first-order valence-electron chi connectivity index (χ1n) is 5.88. The Bertz CT molecular complexity index is 425. The fourth-order valence-corrected chi connectivity index (χ4v) is 2.10. The third kappa shape index (κ3) is 4.26. The molecule has 0 saturated carbocycles. The molecule has 1 atom stereocenters. The third-order valence-corrected chi connectivity index (χ3v) is 3.84. The Labute approximate surface area is 122 Å². The number of hydrogen-bond acceptors (Lipinski definition) is 2. The Morgan fingerprint density at radius 2 is 2.22 bits per heavy atom. The number of nitrogens with zero attached hydrogens (tertiary/aromatic N) is 1. The summed E-state index contributed by atoms with van der Waals surface area (Å²) in [7, 11) is 1.80. The summed E-state index contributed by atoms with van der Waals surface area (Å²) in [6.45, 7) is 5.14. The maximum absolute atomic E-state index is 11.9. The predicted octanol–water partition coefficient (Wildman–Crippen LogP) is 3.06. The van der Waals surface area contributed by atoms with E-state index in [4.69, 9.17) is 11.6 Å². The first kappa shape index (κ1) is 15.5. The Balaban J connectivity index is 2.59. The van der Waals surface area contributed by atoms with Crippen LogP contribution < -0.4 is 5.32 Å². The van der Waals surface area contributed by atoms with Gasteiger partial charge < -0.3 is 10.2 Å². The predicted molar refractivity (Wildman–Crippen MR) is 78.8 cm³/mol. The third-order valence-electron chi connectivity index (χ3n) is 2.83. The van der Waals surface area contributed by atoms with E-state index >= 15 is 0 Å². The monoisotopic (exact) mass is 332 g/mol. The van der Waals surface area contributed by atoms with Gasteiger partial charge in [-0.1, -0.05) is 27.5 Å².